The van der Waals surface area contributed by atoms with Crippen LogP contribution in [0.5, 0.6) is 5.75 Å². The van der Waals surface area contributed by atoms with Gasteiger partial charge >= 0.3 is 5.97 Å². The van der Waals surface area contributed by atoms with E-state index in [1.165, 1.54) is 34.9 Å². The Balaban J connectivity index is 1.53. The van der Waals surface area contributed by atoms with Crippen molar-refractivity contribution < 1.29 is 14.3 Å². The Hall–Kier alpha value is -2.30. The van der Waals surface area contributed by atoms with Gasteiger partial charge in [-0.05, 0) is 78.6 Å². The number of rotatable bonds is 10. The van der Waals surface area contributed by atoms with Crippen LogP contribution in [0, 0.1) is 5.92 Å². The molecule has 0 fully saturated rings. The van der Waals surface area contributed by atoms with Gasteiger partial charge in [-0.3, -0.25) is 4.79 Å². The van der Waals surface area contributed by atoms with Crippen LogP contribution in [0.3, 0.4) is 0 Å². The van der Waals surface area contributed by atoms with Crippen molar-refractivity contribution in [3.8, 4) is 5.75 Å². The highest BCUT2D eigenvalue weighted by Gasteiger charge is 2.17. The summed E-state index contributed by atoms with van der Waals surface area (Å²) in [6.07, 6.45) is 3.41. The summed E-state index contributed by atoms with van der Waals surface area (Å²) in [5.74, 6) is 1.18. The molecule has 1 atom stereocenters. The quantitative estimate of drug-likeness (QED) is 0.392. The van der Waals surface area contributed by atoms with Gasteiger partial charge in [0.15, 0.2) is 0 Å². The van der Waals surface area contributed by atoms with E-state index in [0.717, 1.165) is 36.6 Å². The molecular weight excluding hydrogens is 410 g/mol. The number of hydrogen-bond acceptors (Lipinski definition) is 4. The molecule has 2 aromatic carbocycles. The van der Waals surface area contributed by atoms with Crippen LogP contribution in [0.25, 0.3) is 5.57 Å². The van der Waals surface area contributed by atoms with Crippen molar-refractivity contribution >= 4 is 23.1 Å². The number of fused-ring (bicyclic) bond motifs is 1. The van der Waals surface area contributed by atoms with Gasteiger partial charge < -0.3 is 14.8 Å². The van der Waals surface area contributed by atoms with Crippen molar-refractivity contribution in [1.29, 1.82) is 0 Å². The fraction of sp³-hybridized carbons (Fsp3) is 0.423. The molecule has 0 amide bonds. The zero-order valence-corrected chi connectivity index (χ0v) is 19.4. The Bertz CT molecular complexity index is 921. The molecule has 1 aliphatic rings. The van der Waals surface area contributed by atoms with E-state index in [2.05, 4.69) is 54.2 Å². The summed E-state index contributed by atoms with van der Waals surface area (Å²) in [5, 5.41) is 4.13. The Morgan fingerprint density at radius 3 is 2.68 bits per heavy atom. The monoisotopic (exact) mass is 441 g/mol. The van der Waals surface area contributed by atoms with Crippen LogP contribution < -0.4 is 10.1 Å². The minimum absolute atomic E-state index is 0.179. The number of hydrogen-bond donors (Lipinski definition) is 1. The van der Waals surface area contributed by atoms with Gasteiger partial charge in [-0.25, -0.2) is 0 Å². The number of esters is 1. The molecule has 0 aromatic heterocycles. The van der Waals surface area contributed by atoms with Crippen LogP contribution in [-0.4, -0.2) is 32.8 Å². The maximum atomic E-state index is 11.2. The number of methoxy groups -OCH3 is 1. The number of benzene rings is 2. The van der Waals surface area contributed by atoms with Crippen molar-refractivity contribution in [2.45, 2.75) is 39.5 Å². The molecule has 2 aromatic rings. The summed E-state index contributed by atoms with van der Waals surface area (Å²) >= 11 is 5.97. The molecule has 0 bridgehead atoms. The van der Waals surface area contributed by atoms with Gasteiger partial charge in [0.25, 0.3) is 0 Å². The second kappa shape index (κ2) is 11.4. The molecule has 0 saturated carbocycles. The summed E-state index contributed by atoms with van der Waals surface area (Å²) in [4.78, 5) is 11.2. The van der Waals surface area contributed by atoms with Crippen LogP contribution in [0.1, 0.15) is 43.4 Å². The smallest absolute Gasteiger partial charge is 0.306 e. The lowest BCUT2D eigenvalue weighted by molar-refractivity contribution is -0.140. The third-order valence-corrected chi connectivity index (χ3v) is 6.06. The first-order valence-electron chi connectivity index (χ1n) is 10.9. The Labute approximate surface area is 190 Å². The summed E-state index contributed by atoms with van der Waals surface area (Å²) < 4.78 is 10.8. The van der Waals surface area contributed by atoms with E-state index in [1.54, 1.807) is 0 Å². The largest absolute Gasteiger partial charge is 0.493 e. The van der Waals surface area contributed by atoms with Crippen LogP contribution >= 0.6 is 11.6 Å². The van der Waals surface area contributed by atoms with Crippen LogP contribution in [-0.2, 0) is 22.4 Å². The molecule has 0 unspecified atom stereocenters. The van der Waals surface area contributed by atoms with E-state index in [9.17, 15) is 4.79 Å². The molecule has 5 heteroatoms. The number of nitrogens with one attached hydrogen (secondary N) is 1. The highest BCUT2D eigenvalue weighted by molar-refractivity contribution is 6.30. The van der Waals surface area contributed by atoms with Crippen molar-refractivity contribution in [3.05, 3.63) is 69.8 Å². The van der Waals surface area contributed by atoms with Gasteiger partial charge in [0.05, 0.1) is 20.1 Å². The molecule has 31 heavy (non-hydrogen) atoms. The van der Waals surface area contributed by atoms with E-state index in [0.29, 0.717) is 25.5 Å². The zero-order chi connectivity index (χ0) is 22.2. The molecule has 3 rings (SSSR count). The highest BCUT2D eigenvalue weighted by atomic mass is 35.5. The summed E-state index contributed by atoms with van der Waals surface area (Å²) in [6.45, 7) is 6.52. The van der Waals surface area contributed by atoms with Crippen molar-refractivity contribution in [1.82, 2.24) is 5.32 Å². The van der Waals surface area contributed by atoms with E-state index >= 15 is 0 Å². The summed E-state index contributed by atoms with van der Waals surface area (Å²) in [7, 11) is 1.42. The maximum Gasteiger partial charge on any atom is 0.306 e. The lowest BCUT2D eigenvalue weighted by Gasteiger charge is -2.23. The van der Waals surface area contributed by atoms with Crippen LogP contribution in [0.2, 0.25) is 5.02 Å². The van der Waals surface area contributed by atoms with Gasteiger partial charge in [-0.1, -0.05) is 42.3 Å². The normalized spacial score (nSPS) is 14.2. The molecule has 0 spiro atoms. The average molecular weight is 442 g/mol. The third-order valence-electron chi connectivity index (χ3n) is 5.81. The number of carbonyl (C=O) groups is 1. The van der Waals surface area contributed by atoms with Crippen molar-refractivity contribution in [3.63, 3.8) is 0 Å². The number of allylic oxidation sites excluding steroid dienone is 1. The SMILES string of the molecule is COC(=O)CCNCC1=C(C)c2ccc(OC[C@@H](C)Cc3ccc(Cl)cc3)cc2CC1. The second-order valence-electron chi connectivity index (χ2n) is 8.30. The Morgan fingerprint density at radius 2 is 1.94 bits per heavy atom. The average Bonchev–Trinajstić information content (AvgIpc) is 2.78. The lowest BCUT2D eigenvalue weighted by atomic mass is 9.86. The van der Waals surface area contributed by atoms with Crippen molar-refractivity contribution in [2.75, 3.05) is 26.8 Å². The standard InChI is InChI=1S/C26H32ClNO3/c1-18(14-20-4-8-23(27)9-5-20)17-31-24-10-11-25-19(2)22(7-6-21(25)15-24)16-28-13-12-26(29)30-3/h4-5,8-11,15,18,28H,6-7,12-14,16-17H2,1-3H3/t18-/m0/s1. The molecule has 0 aliphatic heterocycles. The third kappa shape index (κ3) is 6.84. The minimum atomic E-state index is -0.179. The molecule has 0 radical (unpaired) electrons. The highest BCUT2D eigenvalue weighted by Crippen LogP contribution is 2.33. The maximum absolute atomic E-state index is 11.2. The first kappa shape index (κ1) is 23.4. The predicted molar refractivity (Wildman–Crippen MR) is 127 cm³/mol. The fourth-order valence-electron chi connectivity index (χ4n) is 3.97. The topological polar surface area (TPSA) is 47.6 Å². The molecule has 0 saturated heterocycles. The number of aryl methyl sites for hydroxylation is 1. The van der Waals surface area contributed by atoms with Gasteiger partial charge in [0, 0.05) is 18.1 Å². The Morgan fingerprint density at radius 1 is 1.16 bits per heavy atom. The van der Waals surface area contributed by atoms with Crippen LogP contribution in [0.15, 0.2) is 48.0 Å². The first-order chi connectivity index (χ1) is 15.0. The van der Waals surface area contributed by atoms with E-state index in [4.69, 9.17) is 16.3 Å². The minimum Gasteiger partial charge on any atom is -0.493 e. The zero-order valence-electron chi connectivity index (χ0n) is 18.7. The number of halogens is 1. The predicted octanol–water partition coefficient (Wildman–Crippen LogP) is 5.47. The molecule has 1 aliphatic carbocycles. The Kier molecular flexibility index (Phi) is 8.56. The van der Waals surface area contributed by atoms with Gasteiger partial charge in [-0.2, -0.15) is 0 Å². The number of carbonyl (C=O) groups excluding carboxylic acids is 1. The van der Waals surface area contributed by atoms with E-state index in [-0.39, 0.29) is 5.97 Å². The van der Waals surface area contributed by atoms with Gasteiger partial charge in [-0.15, -0.1) is 0 Å². The first-order valence-corrected chi connectivity index (χ1v) is 11.3. The van der Waals surface area contributed by atoms with Crippen molar-refractivity contribution in [2.24, 2.45) is 5.92 Å². The van der Waals surface area contributed by atoms with E-state index < -0.39 is 0 Å². The molecule has 166 valence electrons. The molecular formula is C26H32ClNO3. The molecule has 0 heterocycles. The van der Waals surface area contributed by atoms with E-state index in [1.807, 2.05) is 12.1 Å². The fourth-order valence-corrected chi connectivity index (χ4v) is 4.10. The second-order valence-corrected chi connectivity index (χ2v) is 8.73. The van der Waals surface area contributed by atoms with Gasteiger partial charge in [0.1, 0.15) is 5.75 Å². The lowest BCUT2D eigenvalue weighted by Crippen LogP contribution is -2.23. The summed E-state index contributed by atoms with van der Waals surface area (Å²) in [6, 6.07) is 14.5. The molecule has 1 N–H and O–H groups in total. The van der Waals surface area contributed by atoms with Gasteiger partial charge in [0.2, 0.25) is 0 Å². The molecule has 4 nitrogen and oxygen atoms in total. The van der Waals surface area contributed by atoms with Crippen LogP contribution in [0.4, 0.5) is 0 Å². The summed E-state index contributed by atoms with van der Waals surface area (Å²) in [5.41, 5.74) is 6.66. The number of ether oxygens (including phenoxy) is 2.